The Kier molecular flexibility index (Phi) is 5.61. The quantitative estimate of drug-likeness (QED) is 0.745. The second-order valence-electron chi connectivity index (χ2n) is 3.34. The van der Waals surface area contributed by atoms with Gasteiger partial charge >= 0.3 is 6.18 Å². The lowest BCUT2D eigenvalue weighted by atomic mass is 10.2. The Labute approximate surface area is 109 Å². The Morgan fingerprint density at radius 3 is 2.65 bits per heavy atom. The summed E-state index contributed by atoms with van der Waals surface area (Å²) in [6, 6.07) is 3.64. The summed E-state index contributed by atoms with van der Waals surface area (Å²) in [5, 5.41) is 0. The lowest BCUT2D eigenvalue weighted by Crippen LogP contribution is -2.18. The second-order valence-corrected chi connectivity index (χ2v) is 5.89. The highest BCUT2D eigenvalue weighted by molar-refractivity contribution is 9.11. The zero-order chi connectivity index (χ0) is 12.9. The average Bonchev–Trinajstić information content (AvgIpc) is 2.57. The SMILES string of the molecule is O=C(CCOCC(F)(F)F)Cc1ccc(Br)s1. The third-order valence-corrected chi connectivity index (χ3v) is 3.41. The largest absolute Gasteiger partial charge is 0.411 e. The van der Waals surface area contributed by atoms with E-state index < -0.39 is 12.8 Å². The molecule has 7 heteroatoms. The Bertz CT molecular complexity index is 376. The van der Waals surface area contributed by atoms with E-state index in [1.807, 2.05) is 12.1 Å². The van der Waals surface area contributed by atoms with Crippen molar-refractivity contribution in [2.45, 2.75) is 19.0 Å². The van der Waals surface area contributed by atoms with E-state index in [1.54, 1.807) is 0 Å². The molecule has 1 aromatic heterocycles. The molecule has 1 aromatic rings. The summed E-state index contributed by atoms with van der Waals surface area (Å²) in [6.07, 6.45) is -4.08. The molecular formula is C10H10BrF3O2S. The van der Waals surface area contributed by atoms with Gasteiger partial charge < -0.3 is 4.74 Å². The number of carbonyl (C=O) groups is 1. The van der Waals surface area contributed by atoms with Crippen LogP contribution in [0.3, 0.4) is 0 Å². The van der Waals surface area contributed by atoms with Crippen LogP contribution < -0.4 is 0 Å². The number of hydrogen-bond donors (Lipinski definition) is 0. The average molecular weight is 331 g/mol. The monoisotopic (exact) mass is 330 g/mol. The standard InChI is InChI=1S/C10H10BrF3O2S/c11-9-2-1-8(17-9)5-7(15)3-4-16-6-10(12,13)14/h1-2H,3-6H2. The van der Waals surface area contributed by atoms with Gasteiger partial charge in [0.05, 0.1) is 10.4 Å². The Balaban J connectivity index is 2.18. The van der Waals surface area contributed by atoms with Crippen LogP contribution in [-0.2, 0) is 16.0 Å². The maximum atomic E-state index is 11.7. The number of rotatable bonds is 6. The van der Waals surface area contributed by atoms with E-state index >= 15 is 0 Å². The van der Waals surface area contributed by atoms with Gasteiger partial charge in [-0.1, -0.05) is 0 Å². The van der Waals surface area contributed by atoms with Crippen molar-refractivity contribution in [3.05, 3.63) is 20.8 Å². The third-order valence-electron chi connectivity index (χ3n) is 1.79. The first-order valence-corrected chi connectivity index (χ1v) is 6.38. The summed E-state index contributed by atoms with van der Waals surface area (Å²) in [5.74, 6) is -0.124. The fourth-order valence-corrected chi connectivity index (χ4v) is 2.62. The van der Waals surface area contributed by atoms with Gasteiger partial charge in [-0.25, -0.2) is 0 Å². The molecular weight excluding hydrogens is 321 g/mol. The van der Waals surface area contributed by atoms with E-state index in [-0.39, 0.29) is 25.2 Å². The summed E-state index contributed by atoms with van der Waals surface area (Å²) < 4.78 is 40.4. The molecule has 0 bridgehead atoms. The topological polar surface area (TPSA) is 26.3 Å². The fraction of sp³-hybridized carbons (Fsp3) is 0.500. The maximum Gasteiger partial charge on any atom is 0.411 e. The molecule has 0 unspecified atom stereocenters. The predicted molar refractivity (Wildman–Crippen MR) is 62.2 cm³/mol. The number of hydrogen-bond acceptors (Lipinski definition) is 3. The van der Waals surface area contributed by atoms with Gasteiger partial charge in [0, 0.05) is 17.7 Å². The third kappa shape index (κ3) is 6.80. The van der Waals surface area contributed by atoms with Gasteiger partial charge in [-0.05, 0) is 28.1 Å². The minimum Gasteiger partial charge on any atom is -0.372 e. The number of ketones is 1. The minimum absolute atomic E-state index is 0.00555. The van der Waals surface area contributed by atoms with Crippen molar-refractivity contribution in [3.8, 4) is 0 Å². The summed E-state index contributed by atoms with van der Waals surface area (Å²) in [6.45, 7) is -1.49. The molecule has 0 aliphatic carbocycles. The highest BCUT2D eigenvalue weighted by atomic mass is 79.9. The van der Waals surface area contributed by atoms with Crippen molar-refractivity contribution in [1.82, 2.24) is 0 Å². The van der Waals surface area contributed by atoms with E-state index in [2.05, 4.69) is 20.7 Å². The van der Waals surface area contributed by atoms with Crippen LogP contribution in [0, 0.1) is 0 Å². The van der Waals surface area contributed by atoms with Crippen LogP contribution in [0.1, 0.15) is 11.3 Å². The van der Waals surface area contributed by atoms with Crippen LogP contribution in [0.5, 0.6) is 0 Å². The molecule has 96 valence electrons. The van der Waals surface area contributed by atoms with Gasteiger partial charge in [0.15, 0.2) is 0 Å². The molecule has 0 N–H and O–H groups in total. The molecule has 0 atom stereocenters. The van der Waals surface area contributed by atoms with Crippen LogP contribution in [0.25, 0.3) is 0 Å². The molecule has 0 aromatic carbocycles. The molecule has 0 fully saturated rings. The molecule has 0 radical (unpaired) electrons. The number of thiophene rings is 1. The molecule has 0 saturated carbocycles. The highest BCUT2D eigenvalue weighted by Gasteiger charge is 2.27. The Morgan fingerprint density at radius 2 is 2.12 bits per heavy atom. The van der Waals surface area contributed by atoms with Crippen LogP contribution in [-0.4, -0.2) is 25.2 Å². The zero-order valence-electron chi connectivity index (χ0n) is 8.72. The predicted octanol–water partition coefficient (Wildman–Crippen LogP) is 3.59. The molecule has 2 nitrogen and oxygen atoms in total. The van der Waals surface area contributed by atoms with Crippen molar-refractivity contribution in [1.29, 1.82) is 0 Å². The first kappa shape index (κ1) is 14.7. The van der Waals surface area contributed by atoms with Gasteiger partial charge in [-0.2, -0.15) is 13.2 Å². The van der Waals surface area contributed by atoms with Crippen molar-refractivity contribution in [2.24, 2.45) is 0 Å². The summed E-state index contributed by atoms with van der Waals surface area (Å²) >= 11 is 4.70. The second kappa shape index (κ2) is 6.51. The smallest absolute Gasteiger partial charge is 0.372 e. The number of halogens is 4. The van der Waals surface area contributed by atoms with Crippen LogP contribution in [0.2, 0.25) is 0 Å². The summed E-state index contributed by atoms with van der Waals surface area (Å²) in [5.41, 5.74) is 0. The van der Waals surface area contributed by atoms with E-state index in [4.69, 9.17) is 0 Å². The molecule has 0 aliphatic rings. The van der Waals surface area contributed by atoms with Gasteiger partial charge in [-0.3, -0.25) is 4.79 Å². The molecule has 1 rings (SSSR count). The maximum absolute atomic E-state index is 11.7. The van der Waals surface area contributed by atoms with Crippen molar-refractivity contribution >= 4 is 33.0 Å². The van der Waals surface area contributed by atoms with Crippen molar-refractivity contribution in [2.75, 3.05) is 13.2 Å². The molecule has 1 heterocycles. The molecule has 0 amide bonds. The normalized spacial score (nSPS) is 11.8. The fourth-order valence-electron chi connectivity index (χ4n) is 1.10. The number of carbonyl (C=O) groups excluding carboxylic acids is 1. The van der Waals surface area contributed by atoms with Gasteiger partial charge in [0.1, 0.15) is 12.4 Å². The molecule has 0 spiro atoms. The Morgan fingerprint density at radius 1 is 1.41 bits per heavy atom. The van der Waals surface area contributed by atoms with Gasteiger partial charge in [0.2, 0.25) is 0 Å². The molecule has 0 saturated heterocycles. The number of Topliss-reactive ketones (excluding diaryl/α,β-unsaturated/α-hetero) is 1. The van der Waals surface area contributed by atoms with Crippen LogP contribution >= 0.6 is 27.3 Å². The number of ether oxygens (including phenoxy) is 1. The molecule has 0 aliphatic heterocycles. The van der Waals surface area contributed by atoms with Crippen LogP contribution in [0.15, 0.2) is 15.9 Å². The van der Waals surface area contributed by atoms with E-state index in [0.29, 0.717) is 0 Å². The van der Waals surface area contributed by atoms with Gasteiger partial charge in [-0.15, -0.1) is 11.3 Å². The summed E-state index contributed by atoms with van der Waals surface area (Å²) in [4.78, 5) is 12.3. The zero-order valence-corrected chi connectivity index (χ0v) is 11.1. The molecule has 17 heavy (non-hydrogen) atoms. The number of alkyl halides is 3. The van der Waals surface area contributed by atoms with Gasteiger partial charge in [0.25, 0.3) is 0 Å². The lowest BCUT2D eigenvalue weighted by Gasteiger charge is -2.06. The van der Waals surface area contributed by atoms with E-state index in [0.717, 1.165) is 8.66 Å². The highest BCUT2D eigenvalue weighted by Crippen LogP contribution is 2.22. The van der Waals surface area contributed by atoms with E-state index in [1.165, 1.54) is 11.3 Å². The van der Waals surface area contributed by atoms with Crippen molar-refractivity contribution in [3.63, 3.8) is 0 Å². The van der Waals surface area contributed by atoms with E-state index in [9.17, 15) is 18.0 Å². The minimum atomic E-state index is -4.33. The van der Waals surface area contributed by atoms with Crippen molar-refractivity contribution < 1.29 is 22.7 Å². The first-order chi connectivity index (χ1) is 7.87. The lowest BCUT2D eigenvalue weighted by molar-refractivity contribution is -0.174. The first-order valence-electron chi connectivity index (χ1n) is 4.77. The Hall–Kier alpha value is -0.400. The summed E-state index contributed by atoms with van der Waals surface area (Å²) in [7, 11) is 0. The van der Waals surface area contributed by atoms with Crippen LogP contribution in [0.4, 0.5) is 13.2 Å².